The van der Waals surface area contributed by atoms with E-state index in [9.17, 15) is 9.59 Å². The van der Waals surface area contributed by atoms with Crippen LogP contribution in [0.2, 0.25) is 0 Å². The molecule has 2 saturated carbocycles. The monoisotopic (exact) mass is 303 g/mol. The van der Waals surface area contributed by atoms with Gasteiger partial charge in [-0.3, -0.25) is 9.59 Å². The average molecular weight is 303 g/mol. The van der Waals surface area contributed by atoms with E-state index in [1.807, 2.05) is 0 Å². The minimum absolute atomic E-state index is 0.0745. The standard InChI is InChI=1S/C17H25N3O2/c1-9(14-7-12-4-5-13(14)6-12)19-16(21)8-15-10(2)18-11(3)20-17(15)22/h9,12-14H,4-8H2,1-3H3,(H,19,21)(H,18,20,22). The molecule has 2 fully saturated rings. The first-order valence-corrected chi connectivity index (χ1v) is 8.29. The van der Waals surface area contributed by atoms with Crippen LogP contribution in [-0.2, 0) is 11.2 Å². The van der Waals surface area contributed by atoms with Crippen LogP contribution in [0, 0.1) is 31.6 Å². The third kappa shape index (κ3) is 2.94. The number of nitrogens with zero attached hydrogens (tertiary/aromatic N) is 1. The number of aromatic amines is 1. The molecule has 120 valence electrons. The molecular formula is C17H25N3O2. The van der Waals surface area contributed by atoms with Crippen molar-refractivity contribution >= 4 is 5.91 Å². The Hall–Kier alpha value is -1.65. The fraction of sp³-hybridized carbons (Fsp3) is 0.706. The predicted octanol–water partition coefficient (Wildman–Crippen LogP) is 1.87. The first-order chi connectivity index (χ1) is 10.4. The minimum atomic E-state index is -0.201. The predicted molar refractivity (Wildman–Crippen MR) is 84.6 cm³/mol. The summed E-state index contributed by atoms with van der Waals surface area (Å²) in [6.07, 6.45) is 5.38. The van der Waals surface area contributed by atoms with Crippen LogP contribution in [0.1, 0.15) is 49.7 Å². The highest BCUT2D eigenvalue weighted by Crippen LogP contribution is 2.49. The number of amides is 1. The van der Waals surface area contributed by atoms with Crippen molar-refractivity contribution in [1.82, 2.24) is 15.3 Å². The molecule has 2 aliphatic rings. The molecule has 3 rings (SSSR count). The lowest BCUT2D eigenvalue weighted by Crippen LogP contribution is -2.41. The van der Waals surface area contributed by atoms with Crippen LogP contribution in [-0.4, -0.2) is 21.9 Å². The molecule has 2 aliphatic carbocycles. The summed E-state index contributed by atoms with van der Waals surface area (Å²) in [6, 6.07) is 0.195. The maximum absolute atomic E-state index is 12.3. The largest absolute Gasteiger partial charge is 0.353 e. The summed E-state index contributed by atoms with van der Waals surface area (Å²) < 4.78 is 0. The fourth-order valence-electron chi connectivity index (χ4n) is 4.44. The van der Waals surface area contributed by atoms with Crippen molar-refractivity contribution < 1.29 is 4.79 Å². The first kappa shape index (κ1) is 15.3. The van der Waals surface area contributed by atoms with Crippen LogP contribution in [0.3, 0.4) is 0 Å². The molecule has 1 aromatic rings. The molecule has 5 nitrogen and oxygen atoms in total. The van der Waals surface area contributed by atoms with E-state index in [1.54, 1.807) is 13.8 Å². The third-order valence-corrected chi connectivity index (χ3v) is 5.50. The third-order valence-electron chi connectivity index (χ3n) is 5.50. The topological polar surface area (TPSA) is 74.8 Å². The summed E-state index contributed by atoms with van der Waals surface area (Å²) in [5.41, 5.74) is 0.917. The Bertz CT molecular complexity index is 637. The summed E-state index contributed by atoms with van der Waals surface area (Å²) in [6.45, 7) is 5.63. The average Bonchev–Trinajstić information content (AvgIpc) is 3.05. The summed E-state index contributed by atoms with van der Waals surface area (Å²) in [7, 11) is 0. The molecule has 0 radical (unpaired) electrons. The molecule has 4 unspecified atom stereocenters. The van der Waals surface area contributed by atoms with E-state index < -0.39 is 0 Å². The Morgan fingerprint density at radius 3 is 2.73 bits per heavy atom. The van der Waals surface area contributed by atoms with E-state index in [1.165, 1.54) is 25.7 Å². The Kier molecular flexibility index (Phi) is 4.06. The second-order valence-electron chi connectivity index (χ2n) is 7.09. The number of aryl methyl sites for hydroxylation is 2. The van der Waals surface area contributed by atoms with Gasteiger partial charge in [0.2, 0.25) is 5.91 Å². The van der Waals surface area contributed by atoms with Gasteiger partial charge in [-0.15, -0.1) is 0 Å². The number of carbonyl (C=O) groups excluding carboxylic acids is 1. The van der Waals surface area contributed by atoms with E-state index in [-0.39, 0.29) is 23.9 Å². The van der Waals surface area contributed by atoms with Gasteiger partial charge in [0.15, 0.2) is 0 Å². The van der Waals surface area contributed by atoms with Gasteiger partial charge >= 0.3 is 0 Å². The van der Waals surface area contributed by atoms with Gasteiger partial charge in [0.25, 0.3) is 5.56 Å². The molecule has 22 heavy (non-hydrogen) atoms. The van der Waals surface area contributed by atoms with Crippen LogP contribution in [0.5, 0.6) is 0 Å². The molecule has 0 spiro atoms. The van der Waals surface area contributed by atoms with Crippen molar-refractivity contribution in [2.75, 3.05) is 0 Å². The van der Waals surface area contributed by atoms with Crippen molar-refractivity contribution in [3.8, 4) is 0 Å². The lowest BCUT2D eigenvalue weighted by Gasteiger charge is -2.28. The number of hydrogen-bond acceptors (Lipinski definition) is 3. The molecule has 0 aromatic carbocycles. The molecule has 1 heterocycles. The summed E-state index contributed by atoms with van der Waals surface area (Å²) >= 11 is 0. The second kappa shape index (κ2) is 5.86. The Morgan fingerprint density at radius 2 is 2.14 bits per heavy atom. The van der Waals surface area contributed by atoms with Crippen LogP contribution < -0.4 is 10.9 Å². The zero-order chi connectivity index (χ0) is 15.9. The van der Waals surface area contributed by atoms with E-state index in [4.69, 9.17) is 0 Å². The van der Waals surface area contributed by atoms with Gasteiger partial charge in [-0.1, -0.05) is 6.42 Å². The molecule has 0 saturated heterocycles. The van der Waals surface area contributed by atoms with Crippen molar-refractivity contribution in [2.45, 2.75) is 58.9 Å². The lowest BCUT2D eigenvalue weighted by atomic mass is 9.84. The van der Waals surface area contributed by atoms with Crippen molar-refractivity contribution in [3.05, 3.63) is 27.4 Å². The number of nitrogens with one attached hydrogen (secondary N) is 2. The highest BCUT2D eigenvalue weighted by molar-refractivity contribution is 5.79. The normalized spacial score (nSPS) is 27.9. The molecule has 4 atom stereocenters. The van der Waals surface area contributed by atoms with E-state index >= 15 is 0 Å². The number of fused-ring (bicyclic) bond motifs is 2. The fourth-order valence-corrected chi connectivity index (χ4v) is 4.44. The van der Waals surface area contributed by atoms with Crippen molar-refractivity contribution in [3.63, 3.8) is 0 Å². The van der Waals surface area contributed by atoms with Crippen LogP contribution >= 0.6 is 0 Å². The maximum Gasteiger partial charge on any atom is 0.254 e. The van der Waals surface area contributed by atoms with Crippen LogP contribution in [0.4, 0.5) is 0 Å². The van der Waals surface area contributed by atoms with Crippen LogP contribution in [0.25, 0.3) is 0 Å². The zero-order valence-corrected chi connectivity index (χ0v) is 13.6. The first-order valence-electron chi connectivity index (χ1n) is 8.29. The molecule has 1 amide bonds. The summed E-state index contributed by atoms with van der Waals surface area (Å²) in [4.78, 5) is 31.2. The molecular weight excluding hydrogens is 278 g/mol. The van der Waals surface area contributed by atoms with E-state index in [0.717, 1.165) is 11.8 Å². The quantitative estimate of drug-likeness (QED) is 0.891. The smallest absolute Gasteiger partial charge is 0.254 e. The number of hydrogen-bond donors (Lipinski definition) is 2. The van der Waals surface area contributed by atoms with Gasteiger partial charge in [0, 0.05) is 17.3 Å². The lowest BCUT2D eigenvalue weighted by molar-refractivity contribution is -0.121. The Labute approximate surface area is 130 Å². The number of rotatable bonds is 4. The van der Waals surface area contributed by atoms with Gasteiger partial charge in [-0.2, -0.15) is 0 Å². The molecule has 5 heteroatoms. The van der Waals surface area contributed by atoms with Crippen LogP contribution in [0.15, 0.2) is 4.79 Å². The van der Waals surface area contributed by atoms with Gasteiger partial charge in [-0.25, -0.2) is 4.98 Å². The van der Waals surface area contributed by atoms with Gasteiger partial charge in [0.05, 0.1) is 6.42 Å². The molecule has 2 N–H and O–H groups in total. The zero-order valence-electron chi connectivity index (χ0n) is 13.6. The molecule has 2 bridgehead atoms. The maximum atomic E-state index is 12.3. The summed E-state index contributed by atoms with van der Waals surface area (Å²) in [5, 5.41) is 3.10. The highest BCUT2D eigenvalue weighted by Gasteiger charge is 2.42. The van der Waals surface area contributed by atoms with Crippen molar-refractivity contribution in [1.29, 1.82) is 0 Å². The minimum Gasteiger partial charge on any atom is -0.353 e. The second-order valence-corrected chi connectivity index (χ2v) is 7.09. The van der Waals surface area contributed by atoms with Crippen molar-refractivity contribution in [2.24, 2.45) is 17.8 Å². The van der Waals surface area contributed by atoms with E-state index in [0.29, 0.717) is 23.0 Å². The Morgan fingerprint density at radius 1 is 1.36 bits per heavy atom. The summed E-state index contributed by atoms with van der Waals surface area (Å²) in [5.74, 6) is 2.78. The Balaban J connectivity index is 1.62. The SMILES string of the molecule is Cc1nc(C)c(CC(=O)NC(C)C2CC3CCC2C3)c(=O)[nH]1. The van der Waals surface area contributed by atoms with E-state index in [2.05, 4.69) is 22.2 Å². The van der Waals surface area contributed by atoms with Gasteiger partial charge < -0.3 is 10.3 Å². The number of carbonyl (C=O) groups is 1. The number of aromatic nitrogens is 2. The molecule has 0 aliphatic heterocycles. The van der Waals surface area contributed by atoms with Gasteiger partial charge in [0.1, 0.15) is 5.82 Å². The number of H-pyrrole nitrogens is 1. The highest BCUT2D eigenvalue weighted by atomic mass is 16.2. The molecule has 1 aromatic heterocycles. The van der Waals surface area contributed by atoms with Gasteiger partial charge in [-0.05, 0) is 57.8 Å².